The number of amides is 2. The number of nitrogens with one attached hydrogen (secondary N) is 1. The van der Waals surface area contributed by atoms with Crippen LogP contribution in [0.1, 0.15) is 48.2 Å². The van der Waals surface area contributed by atoms with E-state index in [9.17, 15) is 46.1 Å². The molecular weight excluding hydrogens is 544 g/mol. The summed E-state index contributed by atoms with van der Waals surface area (Å²) in [6, 6.07) is 9.85. The molecule has 1 fully saturated rings. The number of halogens is 6. The van der Waals surface area contributed by atoms with E-state index in [1.54, 1.807) is 43.0 Å². The first kappa shape index (κ1) is 31.4. The highest BCUT2D eigenvalue weighted by atomic mass is 19.4. The number of rotatable bonds is 8. The first-order valence-corrected chi connectivity index (χ1v) is 12.5. The molecule has 3 rings (SSSR count). The lowest BCUT2D eigenvalue weighted by molar-refractivity contribution is -0.376. The molecule has 0 aliphatic carbocycles. The van der Waals surface area contributed by atoms with Crippen LogP contribution in [0.5, 0.6) is 0 Å². The lowest BCUT2D eigenvalue weighted by Crippen LogP contribution is -2.53. The maximum atomic E-state index is 13.1. The van der Waals surface area contributed by atoms with Gasteiger partial charge in [-0.1, -0.05) is 24.3 Å². The molecule has 0 radical (unpaired) electrons. The second-order valence-electron chi connectivity index (χ2n) is 10.4. The van der Waals surface area contributed by atoms with E-state index in [-0.39, 0.29) is 24.8 Å². The maximum Gasteiger partial charge on any atom is 0.430 e. The summed E-state index contributed by atoms with van der Waals surface area (Å²) < 4.78 is 78.5. The summed E-state index contributed by atoms with van der Waals surface area (Å²) in [7, 11) is 0. The van der Waals surface area contributed by atoms with Gasteiger partial charge < -0.3 is 20.4 Å². The Kier molecular flexibility index (Phi) is 9.22. The van der Waals surface area contributed by atoms with Gasteiger partial charge >= 0.3 is 12.4 Å². The van der Waals surface area contributed by atoms with Crippen molar-refractivity contribution in [2.24, 2.45) is 0 Å². The zero-order valence-corrected chi connectivity index (χ0v) is 21.9. The monoisotopic (exact) mass is 575 g/mol. The van der Waals surface area contributed by atoms with Gasteiger partial charge in [0.1, 0.15) is 0 Å². The SMILES string of the molecule is CC(C)(O)CCC(=O)Nc1ccc(C(=O)N2CCN(Cc3ccc(C(O)(C(F)(F)F)C(F)(F)F)cc3)CC2)cc1. The second kappa shape index (κ2) is 11.8. The number of piperazine rings is 1. The van der Waals surface area contributed by atoms with E-state index < -0.39 is 29.1 Å². The average molecular weight is 576 g/mol. The molecule has 2 amide bonds. The van der Waals surface area contributed by atoms with Crippen LogP contribution >= 0.6 is 0 Å². The summed E-state index contributed by atoms with van der Waals surface area (Å²) in [6.45, 7) is 5.03. The maximum absolute atomic E-state index is 13.1. The van der Waals surface area contributed by atoms with Crippen molar-refractivity contribution in [3.63, 3.8) is 0 Å². The van der Waals surface area contributed by atoms with Gasteiger partial charge in [0.25, 0.3) is 11.5 Å². The van der Waals surface area contributed by atoms with Crippen molar-refractivity contribution in [3.8, 4) is 0 Å². The predicted octanol–water partition coefficient (Wildman–Crippen LogP) is 4.45. The Morgan fingerprint density at radius 1 is 0.825 bits per heavy atom. The van der Waals surface area contributed by atoms with Crippen LogP contribution in [0.25, 0.3) is 0 Å². The zero-order chi connectivity index (χ0) is 29.9. The quantitative estimate of drug-likeness (QED) is 0.405. The van der Waals surface area contributed by atoms with E-state index in [0.717, 1.165) is 12.1 Å². The second-order valence-corrected chi connectivity index (χ2v) is 10.4. The topological polar surface area (TPSA) is 93.1 Å². The molecule has 0 spiro atoms. The van der Waals surface area contributed by atoms with Crippen LogP contribution in [0.3, 0.4) is 0 Å². The third-order valence-corrected chi connectivity index (χ3v) is 6.64. The number of hydrogen-bond acceptors (Lipinski definition) is 5. The molecule has 0 aromatic heterocycles. The molecule has 40 heavy (non-hydrogen) atoms. The molecule has 220 valence electrons. The van der Waals surface area contributed by atoms with E-state index in [1.807, 2.05) is 4.90 Å². The molecule has 1 aliphatic rings. The molecule has 1 saturated heterocycles. The van der Waals surface area contributed by atoms with Crippen LogP contribution in [0.15, 0.2) is 48.5 Å². The Hall–Kier alpha value is -3.16. The lowest BCUT2D eigenvalue weighted by atomic mass is 9.91. The number of alkyl halides is 6. The molecule has 7 nitrogen and oxygen atoms in total. The van der Waals surface area contributed by atoms with Gasteiger partial charge in [-0.2, -0.15) is 26.3 Å². The summed E-state index contributed by atoms with van der Waals surface area (Å²) in [5, 5.41) is 22.0. The van der Waals surface area contributed by atoms with Crippen LogP contribution in [-0.4, -0.2) is 76.0 Å². The first-order chi connectivity index (χ1) is 18.4. The minimum Gasteiger partial charge on any atom is -0.390 e. The molecule has 2 aromatic carbocycles. The van der Waals surface area contributed by atoms with Crippen molar-refractivity contribution in [2.75, 3.05) is 31.5 Å². The van der Waals surface area contributed by atoms with Gasteiger partial charge in [-0.15, -0.1) is 0 Å². The smallest absolute Gasteiger partial charge is 0.390 e. The van der Waals surface area contributed by atoms with Crippen LogP contribution in [-0.2, 0) is 16.9 Å². The Bertz CT molecular complexity index is 1150. The van der Waals surface area contributed by atoms with Crippen LogP contribution in [0.4, 0.5) is 32.0 Å². The van der Waals surface area contributed by atoms with E-state index >= 15 is 0 Å². The normalized spacial score (nSPS) is 15.7. The Morgan fingerprint density at radius 3 is 1.82 bits per heavy atom. The van der Waals surface area contributed by atoms with Crippen molar-refractivity contribution in [3.05, 3.63) is 65.2 Å². The fourth-order valence-electron chi connectivity index (χ4n) is 4.23. The number of carbonyl (C=O) groups excluding carboxylic acids is 2. The van der Waals surface area contributed by atoms with Gasteiger partial charge in [0.05, 0.1) is 5.60 Å². The largest absolute Gasteiger partial charge is 0.430 e. The van der Waals surface area contributed by atoms with Crippen molar-refractivity contribution in [1.29, 1.82) is 0 Å². The highest BCUT2D eigenvalue weighted by Gasteiger charge is 2.71. The number of benzene rings is 2. The van der Waals surface area contributed by atoms with Crippen molar-refractivity contribution in [2.45, 2.75) is 56.8 Å². The van der Waals surface area contributed by atoms with Crippen molar-refractivity contribution in [1.82, 2.24) is 9.80 Å². The molecule has 0 unspecified atom stereocenters. The number of hydrogen-bond donors (Lipinski definition) is 3. The molecule has 0 bridgehead atoms. The van der Waals surface area contributed by atoms with Crippen LogP contribution < -0.4 is 5.32 Å². The summed E-state index contributed by atoms with van der Waals surface area (Å²) in [5.74, 6) is -0.481. The Balaban J connectivity index is 1.53. The van der Waals surface area contributed by atoms with Crippen molar-refractivity contribution >= 4 is 17.5 Å². The van der Waals surface area contributed by atoms with E-state index in [0.29, 0.717) is 61.5 Å². The summed E-state index contributed by atoms with van der Waals surface area (Å²) in [6.07, 6.45) is -11.4. The number of nitrogens with zero attached hydrogens (tertiary/aromatic N) is 2. The summed E-state index contributed by atoms with van der Waals surface area (Å²) in [4.78, 5) is 28.4. The number of carbonyl (C=O) groups is 2. The molecule has 0 saturated carbocycles. The van der Waals surface area contributed by atoms with Gasteiger partial charge in [-0.05, 0) is 50.1 Å². The van der Waals surface area contributed by atoms with Gasteiger partial charge in [0.15, 0.2) is 0 Å². The van der Waals surface area contributed by atoms with E-state index in [2.05, 4.69) is 5.32 Å². The van der Waals surface area contributed by atoms with Crippen molar-refractivity contribution < 1.29 is 46.1 Å². The fourth-order valence-corrected chi connectivity index (χ4v) is 4.23. The molecular formula is C27H31F6N3O4. The zero-order valence-electron chi connectivity index (χ0n) is 21.9. The van der Waals surface area contributed by atoms with Crippen LogP contribution in [0.2, 0.25) is 0 Å². The van der Waals surface area contributed by atoms with Gasteiger partial charge in [-0.3, -0.25) is 14.5 Å². The average Bonchev–Trinajstić information content (AvgIpc) is 2.86. The molecule has 3 N–H and O–H groups in total. The van der Waals surface area contributed by atoms with Crippen LogP contribution in [0, 0.1) is 0 Å². The highest BCUT2D eigenvalue weighted by molar-refractivity contribution is 5.96. The minimum atomic E-state index is -5.94. The Morgan fingerprint density at radius 2 is 1.35 bits per heavy atom. The fraction of sp³-hybridized carbons (Fsp3) is 0.481. The summed E-state index contributed by atoms with van der Waals surface area (Å²) >= 11 is 0. The van der Waals surface area contributed by atoms with Gasteiger partial charge in [0, 0.05) is 56.0 Å². The third kappa shape index (κ3) is 7.52. The van der Waals surface area contributed by atoms with Gasteiger partial charge in [-0.25, -0.2) is 0 Å². The lowest BCUT2D eigenvalue weighted by Gasteiger charge is -2.35. The molecule has 13 heteroatoms. The van der Waals surface area contributed by atoms with E-state index in [4.69, 9.17) is 0 Å². The Labute approximate surface area is 227 Å². The number of aliphatic hydroxyl groups is 2. The standard InChI is InChI=1S/C27H31F6N3O4/c1-24(2,39)12-11-22(37)34-21-9-5-19(6-10-21)23(38)36-15-13-35(14-16-36)17-18-3-7-20(8-4-18)25(40,26(28,29)30)27(31,32)33/h3-10,39-40H,11-17H2,1-2H3,(H,34,37). The van der Waals surface area contributed by atoms with E-state index in [1.165, 1.54) is 0 Å². The molecule has 1 heterocycles. The first-order valence-electron chi connectivity index (χ1n) is 12.5. The molecule has 2 aromatic rings. The number of anilines is 1. The van der Waals surface area contributed by atoms with Gasteiger partial charge in [0.2, 0.25) is 5.91 Å². The third-order valence-electron chi connectivity index (χ3n) is 6.64. The molecule has 1 aliphatic heterocycles. The summed E-state index contributed by atoms with van der Waals surface area (Å²) in [5.41, 5.74) is -5.85. The minimum absolute atomic E-state index is 0.141. The molecule has 0 atom stereocenters. The highest BCUT2D eigenvalue weighted by Crippen LogP contribution is 2.50. The predicted molar refractivity (Wildman–Crippen MR) is 134 cm³/mol.